The molecule has 3 N–H and O–H groups in total. The van der Waals surface area contributed by atoms with E-state index in [1.165, 1.54) is 28.6 Å². The Hall–Kier alpha value is -3.90. The molecule has 0 bridgehead atoms. The van der Waals surface area contributed by atoms with E-state index < -0.39 is 18.0 Å². The number of benzene rings is 1. The third-order valence-electron chi connectivity index (χ3n) is 4.83. The number of anilines is 2. The van der Waals surface area contributed by atoms with E-state index in [2.05, 4.69) is 25.1 Å². The summed E-state index contributed by atoms with van der Waals surface area (Å²) in [6.45, 7) is 3.41. The number of hydrogen-bond donors (Lipinski definition) is 2. The van der Waals surface area contributed by atoms with Crippen LogP contribution in [0.4, 0.5) is 24.8 Å². The van der Waals surface area contributed by atoms with Crippen molar-refractivity contribution in [1.82, 2.24) is 24.5 Å². The number of halogens is 3. The maximum atomic E-state index is 12.5. The molecule has 0 unspecified atom stereocenters. The fraction of sp³-hybridized carbons (Fsp3) is 0.350. The van der Waals surface area contributed by atoms with Crippen molar-refractivity contribution in [2.45, 2.75) is 33.1 Å². The summed E-state index contributed by atoms with van der Waals surface area (Å²) in [7, 11) is 1.49. The number of carbonyl (C=O) groups excluding carboxylic acids is 2. The molecule has 0 atom stereocenters. The molecule has 0 fully saturated rings. The molecular weight excluding hydrogens is 443 g/mol. The summed E-state index contributed by atoms with van der Waals surface area (Å²) in [6.07, 6.45) is -4.28. The van der Waals surface area contributed by atoms with Crippen molar-refractivity contribution in [3.63, 3.8) is 0 Å². The number of hydrogen-bond acceptors (Lipinski definition) is 7. The standard InChI is InChI=1S/C20H22F3N7O3/c1-11-15(12(2)30-19(25-11)27-18(24)28-30)8-9-17(32)29(3)10-16(31)26-13-4-6-14(7-5-13)33-20(21,22)23/h4-7H,8-10H2,1-3H3,(H2,24,28)(H,26,31). The quantitative estimate of drug-likeness (QED) is 0.548. The number of likely N-dealkylation sites (N-methyl/N-ethyl adjacent to an activating group) is 1. The monoisotopic (exact) mass is 465 g/mol. The molecule has 0 saturated carbocycles. The minimum Gasteiger partial charge on any atom is -0.406 e. The first-order valence-electron chi connectivity index (χ1n) is 9.81. The van der Waals surface area contributed by atoms with Crippen LogP contribution in [-0.2, 0) is 16.0 Å². The lowest BCUT2D eigenvalue weighted by molar-refractivity contribution is -0.274. The summed E-state index contributed by atoms with van der Waals surface area (Å²) in [4.78, 5) is 34.4. The molecule has 1 aromatic carbocycles. The number of nitrogen functional groups attached to an aromatic ring is 1. The summed E-state index contributed by atoms with van der Waals surface area (Å²) in [5.74, 6) is -0.685. The van der Waals surface area contributed by atoms with E-state index in [9.17, 15) is 22.8 Å². The van der Waals surface area contributed by atoms with Gasteiger partial charge in [0.25, 0.3) is 5.78 Å². The van der Waals surface area contributed by atoms with Crippen molar-refractivity contribution < 1.29 is 27.5 Å². The van der Waals surface area contributed by atoms with Gasteiger partial charge in [-0.2, -0.15) is 9.50 Å². The Labute approximate surface area is 186 Å². The molecule has 2 amide bonds. The number of nitrogens with one attached hydrogen (secondary N) is 1. The Balaban J connectivity index is 1.54. The maximum absolute atomic E-state index is 12.5. The first-order valence-corrected chi connectivity index (χ1v) is 9.81. The summed E-state index contributed by atoms with van der Waals surface area (Å²) in [5.41, 5.74) is 8.20. The minimum atomic E-state index is -4.80. The van der Waals surface area contributed by atoms with Gasteiger partial charge in [-0.25, -0.2) is 4.98 Å². The van der Waals surface area contributed by atoms with Crippen molar-refractivity contribution in [3.05, 3.63) is 41.2 Å². The van der Waals surface area contributed by atoms with Gasteiger partial charge in [0.1, 0.15) is 5.75 Å². The van der Waals surface area contributed by atoms with Crippen LogP contribution in [-0.4, -0.2) is 56.3 Å². The van der Waals surface area contributed by atoms with Crippen LogP contribution in [0.15, 0.2) is 24.3 Å². The third-order valence-corrected chi connectivity index (χ3v) is 4.83. The molecule has 3 aromatic rings. The van der Waals surface area contributed by atoms with Gasteiger partial charge in [-0.1, -0.05) is 0 Å². The smallest absolute Gasteiger partial charge is 0.406 e. The summed E-state index contributed by atoms with van der Waals surface area (Å²) in [5, 5.41) is 6.61. The number of carbonyl (C=O) groups is 2. The zero-order valence-electron chi connectivity index (χ0n) is 18.1. The van der Waals surface area contributed by atoms with Crippen LogP contribution in [0.1, 0.15) is 23.4 Å². The van der Waals surface area contributed by atoms with Crippen LogP contribution < -0.4 is 15.8 Å². The largest absolute Gasteiger partial charge is 0.573 e. The Morgan fingerprint density at radius 3 is 2.48 bits per heavy atom. The number of ether oxygens (including phenoxy) is 1. The van der Waals surface area contributed by atoms with E-state index >= 15 is 0 Å². The summed E-state index contributed by atoms with van der Waals surface area (Å²) < 4.78 is 41.9. The number of rotatable bonds is 7. The second kappa shape index (κ2) is 9.30. The highest BCUT2D eigenvalue weighted by Crippen LogP contribution is 2.24. The van der Waals surface area contributed by atoms with Crippen molar-refractivity contribution in [2.24, 2.45) is 0 Å². The number of nitrogens with two attached hydrogens (primary N) is 1. The normalized spacial score (nSPS) is 11.5. The molecule has 176 valence electrons. The minimum absolute atomic E-state index is 0.103. The van der Waals surface area contributed by atoms with E-state index in [1.54, 1.807) is 6.92 Å². The lowest BCUT2D eigenvalue weighted by Gasteiger charge is -2.18. The van der Waals surface area contributed by atoms with Crippen LogP contribution in [0.25, 0.3) is 5.78 Å². The molecule has 13 heteroatoms. The zero-order chi connectivity index (χ0) is 24.3. The molecule has 0 aliphatic rings. The topological polar surface area (TPSA) is 128 Å². The van der Waals surface area contributed by atoms with Crippen molar-refractivity contribution in [3.8, 4) is 5.75 Å². The van der Waals surface area contributed by atoms with Gasteiger partial charge in [0, 0.05) is 30.5 Å². The van der Waals surface area contributed by atoms with Crippen molar-refractivity contribution in [1.29, 1.82) is 0 Å². The highest BCUT2D eigenvalue weighted by atomic mass is 19.4. The number of aromatic nitrogens is 4. The van der Waals surface area contributed by atoms with Crippen molar-refractivity contribution in [2.75, 3.05) is 24.6 Å². The second-order valence-electron chi connectivity index (χ2n) is 7.31. The molecule has 2 heterocycles. The van der Waals surface area contributed by atoms with Gasteiger partial charge in [0.2, 0.25) is 17.8 Å². The number of alkyl halides is 3. The molecule has 3 rings (SSSR count). The second-order valence-corrected chi connectivity index (χ2v) is 7.31. The van der Waals surface area contributed by atoms with E-state index in [0.29, 0.717) is 17.9 Å². The van der Waals surface area contributed by atoms with Crippen LogP contribution in [0.5, 0.6) is 5.75 Å². The number of aryl methyl sites for hydroxylation is 2. The maximum Gasteiger partial charge on any atom is 0.573 e. The van der Waals surface area contributed by atoms with Gasteiger partial charge in [-0.3, -0.25) is 9.59 Å². The van der Waals surface area contributed by atoms with Gasteiger partial charge in [-0.05, 0) is 50.1 Å². The van der Waals surface area contributed by atoms with E-state index in [0.717, 1.165) is 23.4 Å². The molecule has 0 aliphatic carbocycles. The summed E-state index contributed by atoms with van der Waals surface area (Å²) in [6, 6.07) is 4.70. The van der Waals surface area contributed by atoms with Crippen molar-refractivity contribution >= 4 is 29.2 Å². The zero-order valence-corrected chi connectivity index (χ0v) is 18.1. The molecule has 0 radical (unpaired) electrons. The SMILES string of the molecule is Cc1nc2nc(N)nn2c(C)c1CCC(=O)N(C)CC(=O)Nc1ccc(OC(F)(F)F)cc1. The lowest BCUT2D eigenvalue weighted by Crippen LogP contribution is -2.35. The predicted octanol–water partition coefficient (Wildman–Crippen LogP) is 2.25. The molecule has 0 spiro atoms. The molecule has 33 heavy (non-hydrogen) atoms. The lowest BCUT2D eigenvalue weighted by atomic mass is 10.1. The number of amides is 2. The fourth-order valence-electron chi connectivity index (χ4n) is 3.25. The molecule has 10 nitrogen and oxygen atoms in total. The highest BCUT2D eigenvalue weighted by molar-refractivity contribution is 5.94. The van der Waals surface area contributed by atoms with Gasteiger partial charge >= 0.3 is 6.36 Å². The van der Waals surface area contributed by atoms with E-state index in [1.807, 2.05) is 6.92 Å². The number of fused-ring (bicyclic) bond motifs is 1. The van der Waals surface area contributed by atoms with Crippen LogP contribution in [0, 0.1) is 13.8 Å². The Morgan fingerprint density at radius 1 is 1.18 bits per heavy atom. The fourth-order valence-corrected chi connectivity index (χ4v) is 3.25. The Bertz CT molecular complexity index is 1180. The first-order chi connectivity index (χ1) is 15.4. The average molecular weight is 465 g/mol. The third kappa shape index (κ3) is 6.08. The molecule has 0 saturated heterocycles. The Kier molecular flexibility index (Phi) is 6.70. The van der Waals surface area contributed by atoms with Gasteiger partial charge in [0.05, 0.1) is 6.54 Å². The van der Waals surface area contributed by atoms with Gasteiger partial charge in [-0.15, -0.1) is 18.3 Å². The highest BCUT2D eigenvalue weighted by Gasteiger charge is 2.31. The molecule has 0 aliphatic heterocycles. The van der Waals surface area contributed by atoms with Gasteiger partial charge < -0.3 is 20.7 Å². The molecule has 2 aromatic heterocycles. The van der Waals surface area contributed by atoms with Crippen LogP contribution in [0.3, 0.4) is 0 Å². The predicted molar refractivity (Wildman–Crippen MR) is 112 cm³/mol. The van der Waals surface area contributed by atoms with Crippen LogP contribution in [0.2, 0.25) is 0 Å². The van der Waals surface area contributed by atoms with Gasteiger partial charge in [0.15, 0.2) is 0 Å². The van der Waals surface area contributed by atoms with Crippen LogP contribution >= 0.6 is 0 Å². The number of nitrogens with zero attached hydrogens (tertiary/aromatic N) is 5. The first kappa shape index (κ1) is 23.8. The summed E-state index contributed by atoms with van der Waals surface area (Å²) >= 11 is 0. The Morgan fingerprint density at radius 2 is 1.85 bits per heavy atom. The average Bonchev–Trinajstić information content (AvgIpc) is 3.08. The van der Waals surface area contributed by atoms with E-state index in [4.69, 9.17) is 5.73 Å². The van der Waals surface area contributed by atoms with E-state index in [-0.39, 0.29) is 30.5 Å². The molecular formula is C20H22F3N7O3.